The lowest BCUT2D eigenvalue weighted by atomic mass is 9.96. The van der Waals surface area contributed by atoms with Crippen molar-refractivity contribution in [2.45, 2.75) is 45.6 Å². The predicted molar refractivity (Wildman–Crippen MR) is 49.8 cm³/mol. The Bertz CT molecular complexity index is 163. The molecule has 1 aliphatic rings. The highest BCUT2D eigenvalue weighted by molar-refractivity contribution is 5.81. The van der Waals surface area contributed by atoms with Crippen molar-refractivity contribution in [2.24, 2.45) is 17.6 Å². The first-order valence-corrected chi connectivity index (χ1v) is 4.87. The van der Waals surface area contributed by atoms with Gasteiger partial charge in [-0.15, -0.1) is 0 Å². The van der Waals surface area contributed by atoms with Gasteiger partial charge in [0.2, 0.25) is 0 Å². The Labute approximate surface area is 74.5 Å². The van der Waals surface area contributed by atoms with Crippen molar-refractivity contribution < 1.29 is 4.79 Å². The first kappa shape index (κ1) is 9.72. The van der Waals surface area contributed by atoms with Gasteiger partial charge < -0.3 is 5.73 Å². The quantitative estimate of drug-likeness (QED) is 0.681. The molecule has 12 heavy (non-hydrogen) atoms. The molecule has 2 heteroatoms. The monoisotopic (exact) mass is 169 g/mol. The number of rotatable bonds is 5. The Kier molecular flexibility index (Phi) is 3.27. The number of hydrogen-bond donors (Lipinski definition) is 1. The van der Waals surface area contributed by atoms with Crippen molar-refractivity contribution in [3.8, 4) is 0 Å². The highest BCUT2D eigenvalue weighted by Crippen LogP contribution is 2.38. The lowest BCUT2D eigenvalue weighted by Crippen LogP contribution is -2.28. The van der Waals surface area contributed by atoms with Gasteiger partial charge in [0.05, 0.1) is 6.04 Å². The van der Waals surface area contributed by atoms with Gasteiger partial charge in [0.25, 0.3) is 0 Å². The molecular formula is C10H19NO. The summed E-state index contributed by atoms with van der Waals surface area (Å²) in [5.41, 5.74) is 5.64. The molecule has 0 aromatic heterocycles. The molecule has 1 saturated carbocycles. The molecule has 2 atom stereocenters. The molecule has 0 bridgehead atoms. The average molecular weight is 169 g/mol. The van der Waals surface area contributed by atoms with Crippen LogP contribution in [-0.4, -0.2) is 11.8 Å². The van der Waals surface area contributed by atoms with E-state index < -0.39 is 0 Å². The Morgan fingerprint density at radius 1 is 1.50 bits per heavy atom. The number of nitrogens with two attached hydrogens (primary N) is 1. The predicted octanol–water partition coefficient (Wildman–Crippen LogP) is 1.73. The third-order valence-corrected chi connectivity index (χ3v) is 2.88. The summed E-state index contributed by atoms with van der Waals surface area (Å²) < 4.78 is 0. The van der Waals surface area contributed by atoms with Gasteiger partial charge in [0.15, 0.2) is 0 Å². The maximum atomic E-state index is 10.8. The number of ketones is 1. The van der Waals surface area contributed by atoms with Gasteiger partial charge in [-0.1, -0.05) is 6.92 Å². The number of Topliss-reactive ketones (excluding diaryl/α,β-unsaturated/α-hetero) is 1. The van der Waals surface area contributed by atoms with Crippen LogP contribution in [0.5, 0.6) is 0 Å². The smallest absolute Gasteiger partial charge is 0.146 e. The summed E-state index contributed by atoms with van der Waals surface area (Å²) in [7, 11) is 0. The van der Waals surface area contributed by atoms with E-state index in [2.05, 4.69) is 6.92 Å². The van der Waals surface area contributed by atoms with Crippen LogP contribution < -0.4 is 5.73 Å². The third kappa shape index (κ3) is 2.94. The molecule has 1 rings (SSSR count). The van der Waals surface area contributed by atoms with Crippen LogP contribution in [0.2, 0.25) is 0 Å². The molecule has 0 heterocycles. The summed E-state index contributed by atoms with van der Waals surface area (Å²) in [6.07, 6.45) is 4.76. The second kappa shape index (κ2) is 4.04. The van der Waals surface area contributed by atoms with Crippen molar-refractivity contribution in [1.29, 1.82) is 0 Å². The van der Waals surface area contributed by atoms with E-state index in [4.69, 9.17) is 5.73 Å². The number of carbonyl (C=O) groups excluding carboxylic acids is 1. The van der Waals surface area contributed by atoms with Gasteiger partial charge in [-0.3, -0.25) is 4.79 Å². The topological polar surface area (TPSA) is 43.1 Å². The first-order chi connectivity index (χ1) is 5.61. The fourth-order valence-corrected chi connectivity index (χ4v) is 1.55. The van der Waals surface area contributed by atoms with E-state index in [1.165, 1.54) is 12.8 Å². The van der Waals surface area contributed by atoms with E-state index in [0.29, 0.717) is 0 Å². The van der Waals surface area contributed by atoms with Gasteiger partial charge in [-0.05, 0) is 44.4 Å². The minimum atomic E-state index is -0.216. The van der Waals surface area contributed by atoms with E-state index >= 15 is 0 Å². The fourth-order valence-electron chi connectivity index (χ4n) is 1.55. The molecule has 2 nitrogen and oxygen atoms in total. The summed E-state index contributed by atoms with van der Waals surface area (Å²) in [5, 5.41) is 0. The summed E-state index contributed by atoms with van der Waals surface area (Å²) >= 11 is 0. The second-order valence-corrected chi connectivity index (χ2v) is 4.11. The molecule has 0 saturated heterocycles. The van der Waals surface area contributed by atoms with Crippen LogP contribution in [0.25, 0.3) is 0 Å². The van der Waals surface area contributed by atoms with E-state index in [1.807, 2.05) is 0 Å². The van der Waals surface area contributed by atoms with Crippen LogP contribution in [0.1, 0.15) is 39.5 Å². The molecule has 0 aromatic rings. The molecule has 0 aliphatic heterocycles. The van der Waals surface area contributed by atoms with E-state index in [9.17, 15) is 4.79 Å². The summed E-state index contributed by atoms with van der Waals surface area (Å²) in [6, 6.07) is -0.216. The largest absolute Gasteiger partial charge is 0.322 e. The molecule has 0 amide bonds. The van der Waals surface area contributed by atoms with Crippen LogP contribution in [-0.2, 0) is 4.79 Å². The van der Waals surface area contributed by atoms with Crippen LogP contribution in [0, 0.1) is 11.8 Å². The standard InChI is InChI=1S/C10H19NO/c1-7(9-4-5-9)3-6-10(11)8(2)12/h7,9-10H,3-6,11H2,1-2H3. The second-order valence-electron chi connectivity index (χ2n) is 4.11. The van der Waals surface area contributed by atoms with E-state index in [0.717, 1.165) is 24.7 Å². The molecule has 1 aliphatic carbocycles. The third-order valence-electron chi connectivity index (χ3n) is 2.88. The van der Waals surface area contributed by atoms with E-state index in [1.54, 1.807) is 6.92 Å². The zero-order valence-electron chi connectivity index (χ0n) is 8.05. The first-order valence-electron chi connectivity index (χ1n) is 4.87. The van der Waals surface area contributed by atoms with Crippen molar-refractivity contribution in [3.63, 3.8) is 0 Å². The minimum Gasteiger partial charge on any atom is -0.322 e. The zero-order chi connectivity index (χ0) is 9.14. The SMILES string of the molecule is CC(=O)C(N)CCC(C)C1CC1. The van der Waals surface area contributed by atoms with Crippen molar-refractivity contribution >= 4 is 5.78 Å². The minimum absolute atomic E-state index is 0.123. The number of hydrogen-bond acceptors (Lipinski definition) is 2. The number of carbonyl (C=O) groups is 1. The highest BCUT2D eigenvalue weighted by Gasteiger charge is 2.27. The summed E-state index contributed by atoms with van der Waals surface area (Å²) in [4.78, 5) is 10.8. The van der Waals surface area contributed by atoms with Crippen molar-refractivity contribution in [2.75, 3.05) is 0 Å². The van der Waals surface area contributed by atoms with Gasteiger partial charge in [0.1, 0.15) is 5.78 Å². The fraction of sp³-hybridized carbons (Fsp3) is 0.900. The normalized spacial score (nSPS) is 21.9. The zero-order valence-corrected chi connectivity index (χ0v) is 8.05. The summed E-state index contributed by atoms with van der Waals surface area (Å²) in [5.74, 6) is 1.83. The molecule has 0 radical (unpaired) electrons. The van der Waals surface area contributed by atoms with Crippen LogP contribution in [0.4, 0.5) is 0 Å². The Morgan fingerprint density at radius 3 is 2.50 bits per heavy atom. The van der Waals surface area contributed by atoms with Crippen LogP contribution in [0.3, 0.4) is 0 Å². The average Bonchev–Trinajstić information content (AvgIpc) is 2.81. The van der Waals surface area contributed by atoms with Gasteiger partial charge in [-0.25, -0.2) is 0 Å². The van der Waals surface area contributed by atoms with Crippen molar-refractivity contribution in [3.05, 3.63) is 0 Å². The molecule has 0 spiro atoms. The maximum Gasteiger partial charge on any atom is 0.146 e. The molecule has 0 aromatic carbocycles. The van der Waals surface area contributed by atoms with Gasteiger partial charge in [0, 0.05) is 0 Å². The molecule has 2 N–H and O–H groups in total. The molecule has 70 valence electrons. The Balaban J connectivity index is 2.11. The lowest BCUT2D eigenvalue weighted by Gasteiger charge is -2.12. The van der Waals surface area contributed by atoms with E-state index in [-0.39, 0.29) is 11.8 Å². The van der Waals surface area contributed by atoms with Crippen LogP contribution >= 0.6 is 0 Å². The highest BCUT2D eigenvalue weighted by atomic mass is 16.1. The molecule has 2 unspecified atom stereocenters. The maximum absolute atomic E-state index is 10.8. The summed E-state index contributed by atoms with van der Waals surface area (Å²) in [6.45, 7) is 3.84. The lowest BCUT2D eigenvalue weighted by molar-refractivity contribution is -0.118. The molecular weight excluding hydrogens is 150 g/mol. The molecule has 1 fully saturated rings. The Morgan fingerprint density at radius 2 is 2.08 bits per heavy atom. The van der Waals surface area contributed by atoms with Crippen molar-refractivity contribution in [1.82, 2.24) is 0 Å². The van der Waals surface area contributed by atoms with Gasteiger partial charge >= 0.3 is 0 Å². The van der Waals surface area contributed by atoms with Gasteiger partial charge in [-0.2, -0.15) is 0 Å². The van der Waals surface area contributed by atoms with Crippen LogP contribution in [0.15, 0.2) is 0 Å². The Hall–Kier alpha value is -0.370.